The van der Waals surface area contributed by atoms with Crippen molar-refractivity contribution >= 4 is 39.8 Å². The standard InChI is InChI=1S/C17H17ClN2O2S/c18-12-7-6-11(17(21)22)14-10(4-1-2-8-19)15(20-16(12)14)13-5-3-9-23-13/h3,5-7,9,20H,1-2,4,8,19H2,(H,21,22). The first-order valence-corrected chi connectivity index (χ1v) is 8.69. The molecular formula is C17H17ClN2O2S. The molecule has 23 heavy (non-hydrogen) atoms. The van der Waals surface area contributed by atoms with E-state index in [2.05, 4.69) is 4.98 Å². The number of aromatic carboxylic acids is 1. The SMILES string of the molecule is NCCCCc1c(-c2cccs2)[nH]c2c(Cl)ccc(C(=O)O)c12. The fourth-order valence-corrected chi connectivity index (χ4v) is 3.80. The van der Waals surface area contributed by atoms with Crippen LogP contribution in [0.4, 0.5) is 0 Å². The first-order valence-electron chi connectivity index (χ1n) is 7.43. The molecule has 0 aliphatic heterocycles. The number of rotatable bonds is 6. The summed E-state index contributed by atoms with van der Waals surface area (Å²) in [7, 11) is 0. The van der Waals surface area contributed by atoms with Crippen molar-refractivity contribution in [2.75, 3.05) is 6.54 Å². The highest BCUT2D eigenvalue weighted by Gasteiger charge is 2.21. The van der Waals surface area contributed by atoms with Crippen LogP contribution in [0.15, 0.2) is 29.6 Å². The van der Waals surface area contributed by atoms with Crippen LogP contribution >= 0.6 is 22.9 Å². The summed E-state index contributed by atoms with van der Waals surface area (Å²) in [6, 6.07) is 7.21. The number of aryl methyl sites for hydroxylation is 1. The number of H-pyrrole nitrogens is 1. The van der Waals surface area contributed by atoms with Crippen LogP contribution in [-0.4, -0.2) is 22.6 Å². The van der Waals surface area contributed by atoms with Crippen molar-refractivity contribution in [1.82, 2.24) is 4.98 Å². The third-order valence-corrected chi connectivity index (χ3v) is 5.09. The highest BCUT2D eigenvalue weighted by Crippen LogP contribution is 2.38. The molecule has 1 aromatic carbocycles. The number of carbonyl (C=O) groups is 1. The van der Waals surface area contributed by atoms with Crippen molar-refractivity contribution in [3.05, 3.63) is 45.8 Å². The number of carboxylic acid groups (broad SMARTS) is 1. The summed E-state index contributed by atoms with van der Waals surface area (Å²) in [6.07, 6.45) is 2.58. The van der Waals surface area contributed by atoms with Crippen molar-refractivity contribution in [2.24, 2.45) is 5.73 Å². The van der Waals surface area contributed by atoms with Crippen LogP contribution in [-0.2, 0) is 6.42 Å². The van der Waals surface area contributed by atoms with Gasteiger partial charge in [0, 0.05) is 5.39 Å². The molecule has 6 heteroatoms. The summed E-state index contributed by atoms with van der Waals surface area (Å²) in [6.45, 7) is 0.628. The van der Waals surface area contributed by atoms with Gasteiger partial charge < -0.3 is 15.8 Å². The summed E-state index contributed by atoms with van der Waals surface area (Å²) in [5.41, 5.74) is 8.54. The number of benzene rings is 1. The number of hydrogen-bond donors (Lipinski definition) is 3. The third-order valence-electron chi connectivity index (χ3n) is 3.89. The fraction of sp³-hybridized carbons (Fsp3) is 0.235. The van der Waals surface area contributed by atoms with Gasteiger partial charge in [-0.25, -0.2) is 4.79 Å². The van der Waals surface area contributed by atoms with Gasteiger partial charge in [0.25, 0.3) is 0 Å². The molecule has 4 N–H and O–H groups in total. The maximum atomic E-state index is 11.6. The number of hydrogen-bond acceptors (Lipinski definition) is 3. The summed E-state index contributed by atoms with van der Waals surface area (Å²) in [5, 5.41) is 12.8. The molecule has 0 unspecified atom stereocenters. The average molecular weight is 349 g/mol. The summed E-state index contributed by atoms with van der Waals surface area (Å²) in [5.74, 6) is -0.941. The molecule has 0 saturated heterocycles. The van der Waals surface area contributed by atoms with E-state index < -0.39 is 5.97 Å². The average Bonchev–Trinajstić information content (AvgIpc) is 3.15. The normalized spacial score (nSPS) is 11.2. The van der Waals surface area contributed by atoms with Crippen molar-refractivity contribution < 1.29 is 9.90 Å². The summed E-state index contributed by atoms with van der Waals surface area (Å²) >= 11 is 7.92. The Balaban J connectivity index is 2.25. The molecule has 0 saturated carbocycles. The highest BCUT2D eigenvalue weighted by atomic mass is 35.5. The van der Waals surface area contributed by atoms with E-state index in [0.29, 0.717) is 22.5 Å². The predicted molar refractivity (Wildman–Crippen MR) is 95.6 cm³/mol. The maximum absolute atomic E-state index is 11.6. The minimum absolute atomic E-state index is 0.284. The maximum Gasteiger partial charge on any atom is 0.336 e. The van der Waals surface area contributed by atoms with Crippen LogP contribution in [0.5, 0.6) is 0 Å². The molecule has 0 aliphatic carbocycles. The molecule has 120 valence electrons. The molecule has 3 rings (SSSR count). The first kappa shape index (κ1) is 16.1. The zero-order valence-electron chi connectivity index (χ0n) is 12.4. The van der Waals surface area contributed by atoms with Crippen LogP contribution < -0.4 is 5.73 Å². The van der Waals surface area contributed by atoms with Gasteiger partial charge in [-0.05, 0) is 54.9 Å². The monoisotopic (exact) mass is 348 g/mol. The predicted octanol–water partition coefficient (Wildman–Crippen LogP) is 4.53. The Morgan fingerprint density at radius 1 is 1.30 bits per heavy atom. The lowest BCUT2D eigenvalue weighted by molar-refractivity contribution is 0.0699. The minimum atomic E-state index is -0.941. The second kappa shape index (κ2) is 6.74. The van der Waals surface area contributed by atoms with Crippen molar-refractivity contribution in [2.45, 2.75) is 19.3 Å². The van der Waals surface area contributed by atoms with E-state index in [1.807, 2.05) is 17.5 Å². The molecule has 0 radical (unpaired) electrons. The Hall–Kier alpha value is -1.82. The lowest BCUT2D eigenvalue weighted by atomic mass is 9.99. The number of halogens is 1. The van der Waals surface area contributed by atoms with Crippen molar-refractivity contribution in [3.8, 4) is 10.6 Å². The van der Waals surface area contributed by atoms with Crippen molar-refractivity contribution in [3.63, 3.8) is 0 Å². The molecule has 0 atom stereocenters. The topological polar surface area (TPSA) is 79.1 Å². The van der Waals surface area contributed by atoms with Gasteiger partial charge in [-0.3, -0.25) is 0 Å². The zero-order chi connectivity index (χ0) is 16.4. The smallest absolute Gasteiger partial charge is 0.336 e. The number of nitrogens with two attached hydrogens (primary N) is 1. The van der Waals surface area contributed by atoms with Gasteiger partial charge in [0.2, 0.25) is 0 Å². The van der Waals surface area contributed by atoms with Gasteiger partial charge in [-0.15, -0.1) is 11.3 Å². The van der Waals surface area contributed by atoms with Crippen molar-refractivity contribution in [1.29, 1.82) is 0 Å². The molecule has 3 aromatic rings. The number of carboxylic acids is 1. The number of nitrogens with one attached hydrogen (secondary N) is 1. The Morgan fingerprint density at radius 2 is 2.13 bits per heavy atom. The van der Waals surface area contributed by atoms with Crippen LogP contribution in [0.25, 0.3) is 21.5 Å². The quantitative estimate of drug-likeness (QED) is 0.572. The number of thiophene rings is 1. The Labute approximate surface area is 142 Å². The fourth-order valence-electron chi connectivity index (χ4n) is 2.84. The second-order valence-electron chi connectivity index (χ2n) is 5.35. The Kier molecular flexibility index (Phi) is 4.71. The van der Waals surface area contributed by atoms with Gasteiger partial charge >= 0.3 is 5.97 Å². The van der Waals surface area contributed by atoms with E-state index >= 15 is 0 Å². The molecule has 2 heterocycles. The molecular weight excluding hydrogens is 332 g/mol. The summed E-state index contributed by atoms with van der Waals surface area (Å²) in [4.78, 5) is 16.1. The number of aromatic nitrogens is 1. The summed E-state index contributed by atoms with van der Waals surface area (Å²) < 4.78 is 0. The molecule has 0 fully saturated rings. The van der Waals surface area contributed by atoms with E-state index in [1.54, 1.807) is 23.5 Å². The minimum Gasteiger partial charge on any atom is -0.478 e. The molecule has 0 bridgehead atoms. The highest BCUT2D eigenvalue weighted by molar-refractivity contribution is 7.13. The number of fused-ring (bicyclic) bond motifs is 1. The lowest BCUT2D eigenvalue weighted by Gasteiger charge is -2.05. The van der Waals surface area contributed by atoms with E-state index in [-0.39, 0.29) is 5.56 Å². The molecule has 0 aliphatic rings. The first-order chi connectivity index (χ1) is 11.1. The molecule has 0 amide bonds. The van der Waals surface area contributed by atoms with Crippen LogP contribution in [0, 0.1) is 0 Å². The zero-order valence-corrected chi connectivity index (χ0v) is 14.0. The number of aromatic amines is 1. The molecule has 0 spiro atoms. The van der Waals surface area contributed by atoms with E-state index in [9.17, 15) is 9.90 Å². The Morgan fingerprint density at radius 3 is 2.78 bits per heavy atom. The van der Waals surface area contributed by atoms with Gasteiger partial charge in [-0.1, -0.05) is 17.7 Å². The third kappa shape index (κ3) is 3.00. The van der Waals surface area contributed by atoms with Gasteiger partial charge in [0.15, 0.2) is 0 Å². The van der Waals surface area contributed by atoms with E-state index in [1.165, 1.54) is 0 Å². The van der Waals surface area contributed by atoms with Crippen LogP contribution in [0.3, 0.4) is 0 Å². The molecule has 2 aromatic heterocycles. The largest absolute Gasteiger partial charge is 0.478 e. The molecule has 4 nitrogen and oxygen atoms in total. The van der Waals surface area contributed by atoms with Crippen LogP contribution in [0.1, 0.15) is 28.8 Å². The Bertz CT molecular complexity index is 840. The van der Waals surface area contributed by atoms with Crippen LogP contribution in [0.2, 0.25) is 5.02 Å². The van der Waals surface area contributed by atoms with Gasteiger partial charge in [0.1, 0.15) is 0 Å². The number of unbranched alkanes of at least 4 members (excludes halogenated alkanes) is 1. The van der Waals surface area contributed by atoms with E-state index in [4.69, 9.17) is 17.3 Å². The second-order valence-corrected chi connectivity index (χ2v) is 6.71. The lowest BCUT2D eigenvalue weighted by Crippen LogP contribution is -2.01. The van der Waals surface area contributed by atoms with Gasteiger partial charge in [-0.2, -0.15) is 0 Å². The van der Waals surface area contributed by atoms with E-state index in [0.717, 1.165) is 35.4 Å². The van der Waals surface area contributed by atoms with Gasteiger partial charge in [0.05, 0.1) is 26.7 Å².